The molecule has 98 valence electrons. The summed E-state index contributed by atoms with van der Waals surface area (Å²) < 4.78 is 13.9. The van der Waals surface area contributed by atoms with Crippen LogP contribution in [0.1, 0.15) is 28.4 Å². The normalized spacial score (nSPS) is 10.5. The zero-order valence-corrected chi connectivity index (χ0v) is 12.2. The van der Waals surface area contributed by atoms with Gasteiger partial charge in [0, 0.05) is 16.5 Å². The van der Waals surface area contributed by atoms with Crippen molar-refractivity contribution in [3.8, 4) is 0 Å². The molecule has 0 spiro atoms. The highest BCUT2D eigenvalue weighted by Crippen LogP contribution is 2.18. The zero-order chi connectivity index (χ0) is 13.8. The molecule has 2 aromatic rings. The van der Waals surface area contributed by atoms with E-state index in [-0.39, 0.29) is 18.0 Å². The first kappa shape index (κ1) is 13.9. The predicted molar refractivity (Wildman–Crippen MR) is 78.0 cm³/mol. The summed E-state index contributed by atoms with van der Waals surface area (Å²) >= 11 is 3.24. The maximum absolute atomic E-state index is 13.3. The molecule has 2 rings (SSSR count). The number of ketones is 1. The lowest BCUT2D eigenvalue weighted by Crippen LogP contribution is -2.07. The van der Waals surface area contributed by atoms with Crippen LogP contribution in [0.3, 0.4) is 0 Å². The number of carbonyl (C=O) groups excluding carboxylic acids is 1. The van der Waals surface area contributed by atoms with Crippen molar-refractivity contribution in [2.24, 2.45) is 0 Å². The molecule has 0 atom stereocenters. The number of hydrogen-bond acceptors (Lipinski definition) is 1. The number of halogens is 2. The van der Waals surface area contributed by atoms with Crippen molar-refractivity contribution in [1.29, 1.82) is 0 Å². The van der Waals surface area contributed by atoms with Gasteiger partial charge in [-0.1, -0.05) is 47.1 Å². The lowest BCUT2D eigenvalue weighted by atomic mass is 9.97. The van der Waals surface area contributed by atoms with E-state index in [0.717, 1.165) is 17.5 Å². The van der Waals surface area contributed by atoms with Crippen molar-refractivity contribution >= 4 is 21.7 Å². The molecule has 2 aromatic carbocycles. The van der Waals surface area contributed by atoms with Gasteiger partial charge >= 0.3 is 0 Å². The largest absolute Gasteiger partial charge is 0.294 e. The molecule has 19 heavy (non-hydrogen) atoms. The quantitative estimate of drug-likeness (QED) is 0.754. The van der Waals surface area contributed by atoms with Crippen LogP contribution in [-0.2, 0) is 12.8 Å². The summed E-state index contributed by atoms with van der Waals surface area (Å²) in [6.07, 6.45) is 1.03. The van der Waals surface area contributed by atoms with E-state index < -0.39 is 0 Å². The van der Waals surface area contributed by atoms with Crippen LogP contribution in [-0.4, -0.2) is 5.78 Å². The summed E-state index contributed by atoms with van der Waals surface area (Å²) in [7, 11) is 0. The Kier molecular flexibility index (Phi) is 4.48. The van der Waals surface area contributed by atoms with E-state index in [2.05, 4.69) is 15.9 Å². The fourth-order valence-electron chi connectivity index (χ4n) is 2.09. The van der Waals surface area contributed by atoms with Crippen molar-refractivity contribution in [3.05, 3.63) is 69.4 Å². The molecule has 0 aliphatic carbocycles. The highest BCUT2D eigenvalue weighted by atomic mass is 79.9. The fourth-order valence-corrected chi connectivity index (χ4v) is 2.61. The second-order valence-electron chi connectivity index (χ2n) is 4.39. The van der Waals surface area contributed by atoms with E-state index in [0.29, 0.717) is 10.0 Å². The Hall–Kier alpha value is -1.48. The zero-order valence-electron chi connectivity index (χ0n) is 10.6. The number of aryl methyl sites for hydroxylation is 1. The molecular weight excluding hydrogens is 307 g/mol. The molecule has 0 aromatic heterocycles. The van der Waals surface area contributed by atoms with Crippen molar-refractivity contribution in [1.82, 2.24) is 0 Å². The van der Waals surface area contributed by atoms with E-state index >= 15 is 0 Å². The Morgan fingerprint density at radius 3 is 2.63 bits per heavy atom. The van der Waals surface area contributed by atoms with Crippen LogP contribution in [0.5, 0.6) is 0 Å². The summed E-state index contributed by atoms with van der Waals surface area (Å²) in [5.41, 5.74) is 2.44. The van der Waals surface area contributed by atoms with Crippen molar-refractivity contribution in [2.45, 2.75) is 19.8 Å². The molecule has 0 heterocycles. The Morgan fingerprint density at radius 2 is 1.95 bits per heavy atom. The van der Waals surface area contributed by atoms with Crippen LogP contribution in [0, 0.1) is 5.82 Å². The van der Waals surface area contributed by atoms with Crippen molar-refractivity contribution < 1.29 is 9.18 Å². The minimum Gasteiger partial charge on any atom is -0.294 e. The third kappa shape index (κ3) is 3.51. The highest BCUT2D eigenvalue weighted by molar-refractivity contribution is 9.10. The molecule has 3 heteroatoms. The SMILES string of the molecule is CCc1ccccc1C(=O)Cc1cc(F)cc(Br)c1. The van der Waals surface area contributed by atoms with Crippen LogP contribution in [0.4, 0.5) is 4.39 Å². The van der Waals surface area contributed by atoms with Crippen LogP contribution in [0.2, 0.25) is 0 Å². The molecule has 0 radical (unpaired) electrons. The summed E-state index contributed by atoms with van der Waals surface area (Å²) in [6.45, 7) is 2.02. The van der Waals surface area contributed by atoms with E-state index in [1.54, 1.807) is 6.07 Å². The topological polar surface area (TPSA) is 17.1 Å². The predicted octanol–water partition coefficient (Wildman–Crippen LogP) is 4.58. The maximum Gasteiger partial charge on any atom is 0.167 e. The standard InChI is InChI=1S/C16H14BrFO/c1-2-12-5-3-4-6-15(12)16(19)9-11-7-13(17)10-14(18)8-11/h3-8,10H,2,9H2,1H3. The number of hydrogen-bond donors (Lipinski definition) is 0. The van der Waals surface area contributed by atoms with Crippen molar-refractivity contribution in [2.75, 3.05) is 0 Å². The summed E-state index contributed by atoms with van der Waals surface area (Å²) in [4.78, 5) is 12.3. The van der Waals surface area contributed by atoms with Gasteiger partial charge in [0.25, 0.3) is 0 Å². The molecule has 0 bridgehead atoms. The summed E-state index contributed by atoms with van der Waals surface area (Å²) in [5, 5.41) is 0. The molecule has 0 aliphatic rings. The molecule has 0 unspecified atom stereocenters. The number of Topliss-reactive ketones (excluding diaryl/α,β-unsaturated/α-hetero) is 1. The van der Waals surface area contributed by atoms with Gasteiger partial charge in [-0.3, -0.25) is 4.79 Å². The third-order valence-electron chi connectivity index (χ3n) is 2.99. The number of carbonyl (C=O) groups is 1. The highest BCUT2D eigenvalue weighted by Gasteiger charge is 2.11. The Labute approximate surface area is 120 Å². The fraction of sp³-hybridized carbons (Fsp3) is 0.188. The van der Waals surface area contributed by atoms with E-state index in [4.69, 9.17) is 0 Å². The number of benzene rings is 2. The van der Waals surface area contributed by atoms with Gasteiger partial charge in [0.05, 0.1) is 0 Å². The average molecular weight is 321 g/mol. The van der Waals surface area contributed by atoms with Gasteiger partial charge in [-0.05, 0) is 35.7 Å². The Bertz CT molecular complexity index is 587. The van der Waals surface area contributed by atoms with Crippen LogP contribution >= 0.6 is 15.9 Å². The average Bonchev–Trinajstić information content (AvgIpc) is 2.37. The van der Waals surface area contributed by atoms with Gasteiger partial charge in [0.15, 0.2) is 5.78 Å². The lowest BCUT2D eigenvalue weighted by Gasteiger charge is -2.07. The van der Waals surface area contributed by atoms with Crippen LogP contribution < -0.4 is 0 Å². The second-order valence-corrected chi connectivity index (χ2v) is 5.30. The molecule has 0 saturated carbocycles. The molecule has 0 aliphatic heterocycles. The molecule has 0 fully saturated rings. The second kappa shape index (κ2) is 6.11. The molecule has 1 nitrogen and oxygen atoms in total. The molecular formula is C16H14BrFO. The van der Waals surface area contributed by atoms with Gasteiger partial charge in [0.2, 0.25) is 0 Å². The van der Waals surface area contributed by atoms with Gasteiger partial charge in [-0.15, -0.1) is 0 Å². The first-order valence-corrected chi connectivity index (χ1v) is 6.95. The first-order chi connectivity index (χ1) is 9.10. The van der Waals surface area contributed by atoms with E-state index in [1.807, 2.05) is 31.2 Å². The lowest BCUT2D eigenvalue weighted by molar-refractivity contribution is 0.0992. The smallest absolute Gasteiger partial charge is 0.167 e. The van der Waals surface area contributed by atoms with E-state index in [1.165, 1.54) is 12.1 Å². The first-order valence-electron chi connectivity index (χ1n) is 6.16. The Balaban J connectivity index is 2.25. The summed E-state index contributed by atoms with van der Waals surface area (Å²) in [6, 6.07) is 12.1. The minimum absolute atomic E-state index is 0.0231. The minimum atomic E-state index is -0.332. The van der Waals surface area contributed by atoms with Crippen molar-refractivity contribution in [3.63, 3.8) is 0 Å². The van der Waals surface area contributed by atoms with Crippen LogP contribution in [0.25, 0.3) is 0 Å². The Morgan fingerprint density at radius 1 is 1.21 bits per heavy atom. The monoisotopic (exact) mass is 320 g/mol. The third-order valence-corrected chi connectivity index (χ3v) is 3.44. The van der Waals surface area contributed by atoms with Gasteiger partial charge in [-0.2, -0.15) is 0 Å². The molecule has 0 N–H and O–H groups in total. The van der Waals surface area contributed by atoms with E-state index in [9.17, 15) is 9.18 Å². The molecule has 0 amide bonds. The number of rotatable bonds is 4. The van der Waals surface area contributed by atoms with Crippen LogP contribution in [0.15, 0.2) is 46.9 Å². The van der Waals surface area contributed by atoms with Gasteiger partial charge in [0.1, 0.15) is 5.82 Å². The van der Waals surface area contributed by atoms with Gasteiger partial charge in [-0.25, -0.2) is 4.39 Å². The molecule has 0 saturated heterocycles. The maximum atomic E-state index is 13.3. The summed E-state index contributed by atoms with van der Waals surface area (Å²) in [5.74, 6) is -0.309. The van der Waals surface area contributed by atoms with Gasteiger partial charge < -0.3 is 0 Å².